The predicted octanol–water partition coefficient (Wildman–Crippen LogP) is 1.94. The number of rotatable bonds is 4. The van der Waals surface area contributed by atoms with Crippen molar-refractivity contribution in [2.24, 2.45) is 0 Å². The summed E-state index contributed by atoms with van der Waals surface area (Å²) >= 11 is 0. The molecule has 0 amide bonds. The van der Waals surface area contributed by atoms with E-state index in [0.29, 0.717) is 0 Å². The number of hydrogen-bond acceptors (Lipinski definition) is 2. The van der Waals surface area contributed by atoms with Gasteiger partial charge in [-0.05, 0) is 50.7 Å². The zero-order valence-corrected chi connectivity index (χ0v) is 9.77. The number of likely N-dealkylation sites (N-methyl/N-ethyl adjacent to an activating group) is 1. The summed E-state index contributed by atoms with van der Waals surface area (Å²) in [6.07, 6.45) is 2.89. The van der Waals surface area contributed by atoms with E-state index in [1.165, 1.54) is 5.56 Å². The zero-order chi connectivity index (χ0) is 11.4. The molecule has 0 aliphatic rings. The molecule has 84 valence electrons. The summed E-state index contributed by atoms with van der Waals surface area (Å²) in [7, 11) is 1.97. The molecule has 1 heterocycles. The Morgan fingerprint density at radius 3 is 2.50 bits per heavy atom. The fourth-order valence-corrected chi connectivity index (χ4v) is 1.71. The molecule has 0 aliphatic heterocycles. The summed E-state index contributed by atoms with van der Waals surface area (Å²) in [5.41, 5.74) is 3.63. The van der Waals surface area contributed by atoms with E-state index in [2.05, 4.69) is 41.6 Å². The first-order valence-corrected chi connectivity index (χ1v) is 5.56. The van der Waals surface area contributed by atoms with Crippen molar-refractivity contribution in [2.45, 2.75) is 13.3 Å². The standard InChI is InChI=1S/C13H17N3/c1-11-7-10-15-16(11)13-5-3-12(4-6-13)8-9-14-2/h3-7,10,14H,8-9H2,1-2H3. The second-order valence-electron chi connectivity index (χ2n) is 3.90. The van der Waals surface area contributed by atoms with Gasteiger partial charge in [0.25, 0.3) is 0 Å². The van der Waals surface area contributed by atoms with E-state index in [4.69, 9.17) is 0 Å². The quantitative estimate of drug-likeness (QED) is 0.844. The number of hydrogen-bond donors (Lipinski definition) is 1. The second kappa shape index (κ2) is 4.94. The van der Waals surface area contributed by atoms with Gasteiger partial charge in [0.1, 0.15) is 0 Å². The van der Waals surface area contributed by atoms with Crippen LogP contribution in [0, 0.1) is 6.92 Å². The highest BCUT2D eigenvalue weighted by molar-refractivity contribution is 5.35. The van der Waals surface area contributed by atoms with Crippen molar-refractivity contribution in [1.29, 1.82) is 0 Å². The van der Waals surface area contributed by atoms with Crippen LogP contribution in [0.2, 0.25) is 0 Å². The van der Waals surface area contributed by atoms with Gasteiger partial charge in [0.15, 0.2) is 0 Å². The smallest absolute Gasteiger partial charge is 0.0648 e. The monoisotopic (exact) mass is 215 g/mol. The van der Waals surface area contributed by atoms with E-state index >= 15 is 0 Å². The Kier molecular flexibility index (Phi) is 3.37. The molecule has 3 nitrogen and oxygen atoms in total. The number of nitrogens with one attached hydrogen (secondary N) is 1. The molecule has 0 atom stereocenters. The molecular formula is C13H17N3. The molecule has 3 heteroatoms. The first-order chi connectivity index (χ1) is 7.81. The zero-order valence-electron chi connectivity index (χ0n) is 9.77. The van der Waals surface area contributed by atoms with Crippen LogP contribution in [-0.2, 0) is 6.42 Å². The van der Waals surface area contributed by atoms with Gasteiger partial charge in [-0.2, -0.15) is 5.10 Å². The third-order valence-corrected chi connectivity index (χ3v) is 2.68. The molecule has 0 unspecified atom stereocenters. The minimum Gasteiger partial charge on any atom is -0.319 e. The summed E-state index contributed by atoms with van der Waals surface area (Å²) in [5.74, 6) is 0. The molecule has 0 spiro atoms. The molecule has 0 bridgehead atoms. The van der Waals surface area contributed by atoms with Crippen molar-refractivity contribution in [3.8, 4) is 5.69 Å². The molecule has 0 saturated heterocycles. The topological polar surface area (TPSA) is 29.9 Å². The summed E-state index contributed by atoms with van der Waals surface area (Å²) < 4.78 is 1.95. The molecule has 2 rings (SSSR count). The third-order valence-electron chi connectivity index (χ3n) is 2.68. The van der Waals surface area contributed by atoms with Gasteiger partial charge in [0.05, 0.1) is 5.69 Å². The largest absolute Gasteiger partial charge is 0.319 e. The maximum atomic E-state index is 4.28. The Hall–Kier alpha value is -1.61. The van der Waals surface area contributed by atoms with Gasteiger partial charge >= 0.3 is 0 Å². The van der Waals surface area contributed by atoms with Crippen LogP contribution >= 0.6 is 0 Å². The predicted molar refractivity (Wildman–Crippen MR) is 65.9 cm³/mol. The van der Waals surface area contributed by atoms with Crippen LogP contribution in [0.5, 0.6) is 0 Å². The molecule has 2 aromatic rings. The van der Waals surface area contributed by atoms with E-state index in [-0.39, 0.29) is 0 Å². The van der Waals surface area contributed by atoms with Gasteiger partial charge in [-0.15, -0.1) is 0 Å². The van der Waals surface area contributed by atoms with E-state index in [0.717, 1.165) is 24.3 Å². The Morgan fingerprint density at radius 1 is 1.19 bits per heavy atom. The number of aryl methyl sites for hydroxylation is 1. The lowest BCUT2D eigenvalue weighted by Gasteiger charge is -2.06. The maximum Gasteiger partial charge on any atom is 0.0648 e. The summed E-state index contributed by atoms with van der Waals surface area (Å²) in [4.78, 5) is 0. The molecule has 1 N–H and O–H groups in total. The highest BCUT2D eigenvalue weighted by Crippen LogP contribution is 2.11. The van der Waals surface area contributed by atoms with E-state index in [9.17, 15) is 0 Å². The lowest BCUT2D eigenvalue weighted by molar-refractivity contribution is 0.790. The van der Waals surface area contributed by atoms with Gasteiger partial charge in [-0.3, -0.25) is 0 Å². The number of nitrogens with zero attached hydrogens (tertiary/aromatic N) is 2. The van der Waals surface area contributed by atoms with Crippen molar-refractivity contribution >= 4 is 0 Å². The van der Waals surface area contributed by atoms with Gasteiger partial charge in [0.2, 0.25) is 0 Å². The van der Waals surface area contributed by atoms with Crippen LogP contribution in [-0.4, -0.2) is 23.4 Å². The van der Waals surface area contributed by atoms with Gasteiger partial charge in [0, 0.05) is 11.9 Å². The van der Waals surface area contributed by atoms with Crippen LogP contribution in [0.25, 0.3) is 5.69 Å². The van der Waals surface area contributed by atoms with Gasteiger partial charge in [-0.1, -0.05) is 12.1 Å². The Balaban J connectivity index is 2.16. The van der Waals surface area contributed by atoms with Gasteiger partial charge < -0.3 is 5.32 Å². The minimum atomic E-state index is 1.01. The summed E-state index contributed by atoms with van der Waals surface area (Å²) in [5, 5.41) is 7.43. The van der Waals surface area contributed by atoms with Gasteiger partial charge in [-0.25, -0.2) is 4.68 Å². The van der Waals surface area contributed by atoms with Crippen LogP contribution in [0.3, 0.4) is 0 Å². The molecule has 1 aromatic heterocycles. The highest BCUT2D eigenvalue weighted by Gasteiger charge is 2.00. The Morgan fingerprint density at radius 2 is 1.94 bits per heavy atom. The van der Waals surface area contributed by atoms with Crippen molar-refractivity contribution < 1.29 is 0 Å². The van der Waals surface area contributed by atoms with E-state index in [1.807, 2.05) is 24.0 Å². The average molecular weight is 215 g/mol. The van der Waals surface area contributed by atoms with Crippen molar-refractivity contribution in [1.82, 2.24) is 15.1 Å². The van der Waals surface area contributed by atoms with Crippen LogP contribution in [0.15, 0.2) is 36.5 Å². The third kappa shape index (κ3) is 2.31. The van der Waals surface area contributed by atoms with Crippen molar-refractivity contribution in [3.63, 3.8) is 0 Å². The lowest BCUT2D eigenvalue weighted by Crippen LogP contribution is -2.10. The summed E-state index contributed by atoms with van der Waals surface area (Å²) in [6.45, 7) is 3.07. The normalized spacial score (nSPS) is 10.6. The number of aromatic nitrogens is 2. The molecule has 0 fully saturated rings. The number of benzene rings is 1. The minimum absolute atomic E-state index is 1.01. The maximum absolute atomic E-state index is 4.28. The highest BCUT2D eigenvalue weighted by atomic mass is 15.3. The Labute approximate surface area is 96.1 Å². The molecular weight excluding hydrogens is 198 g/mol. The summed E-state index contributed by atoms with van der Waals surface area (Å²) in [6, 6.07) is 10.6. The average Bonchev–Trinajstić information content (AvgIpc) is 2.74. The molecule has 1 aromatic carbocycles. The first kappa shape index (κ1) is 10.9. The van der Waals surface area contributed by atoms with Crippen LogP contribution < -0.4 is 5.32 Å². The first-order valence-electron chi connectivity index (χ1n) is 5.56. The van der Waals surface area contributed by atoms with Crippen LogP contribution in [0.1, 0.15) is 11.3 Å². The molecule has 0 saturated carbocycles. The molecule has 0 aliphatic carbocycles. The molecule has 16 heavy (non-hydrogen) atoms. The van der Waals surface area contributed by atoms with E-state index in [1.54, 1.807) is 0 Å². The van der Waals surface area contributed by atoms with Crippen molar-refractivity contribution in [3.05, 3.63) is 47.8 Å². The van der Waals surface area contributed by atoms with Crippen molar-refractivity contribution in [2.75, 3.05) is 13.6 Å². The molecule has 0 radical (unpaired) electrons. The fourth-order valence-electron chi connectivity index (χ4n) is 1.71. The second-order valence-corrected chi connectivity index (χ2v) is 3.90. The lowest BCUT2D eigenvalue weighted by atomic mass is 10.1. The Bertz CT molecular complexity index is 442. The van der Waals surface area contributed by atoms with Crippen LogP contribution in [0.4, 0.5) is 0 Å². The SMILES string of the molecule is CNCCc1ccc(-n2nccc2C)cc1. The van der Waals surface area contributed by atoms with E-state index < -0.39 is 0 Å². The fraction of sp³-hybridized carbons (Fsp3) is 0.308.